The van der Waals surface area contributed by atoms with Crippen LogP contribution in [0.15, 0.2) is 41.4 Å². The third-order valence-electron chi connectivity index (χ3n) is 2.75. The molecule has 0 amide bonds. The fourth-order valence-electron chi connectivity index (χ4n) is 1.73. The van der Waals surface area contributed by atoms with Crippen molar-refractivity contribution in [1.29, 1.82) is 0 Å². The number of nitrogen functional groups attached to an aromatic ring is 1. The van der Waals surface area contributed by atoms with E-state index in [2.05, 4.69) is 4.98 Å². The topological polar surface area (TPSA) is 73.0 Å². The summed E-state index contributed by atoms with van der Waals surface area (Å²) >= 11 is 5.77. The Kier molecular flexibility index (Phi) is 3.78. The van der Waals surface area contributed by atoms with Crippen molar-refractivity contribution in [3.63, 3.8) is 0 Å². The van der Waals surface area contributed by atoms with Crippen LogP contribution in [-0.2, 0) is 15.6 Å². The van der Waals surface area contributed by atoms with E-state index in [0.717, 1.165) is 5.56 Å². The first kappa shape index (κ1) is 13.8. The van der Waals surface area contributed by atoms with Crippen LogP contribution in [0.4, 0.5) is 5.69 Å². The molecule has 0 radical (unpaired) electrons. The molecular weight excluding hydrogens is 284 g/mol. The number of hydrogen-bond acceptors (Lipinski definition) is 4. The van der Waals surface area contributed by atoms with Crippen LogP contribution in [0.5, 0.6) is 0 Å². The largest absolute Gasteiger partial charge is 0.398 e. The van der Waals surface area contributed by atoms with Gasteiger partial charge in [0.2, 0.25) is 0 Å². The van der Waals surface area contributed by atoms with Crippen LogP contribution in [0.25, 0.3) is 0 Å². The molecule has 0 fully saturated rings. The van der Waals surface area contributed by atoms with E-state index in [4.69, 9.17) is 17.3 Å². The molecule has 19 heavy (non-hydrogen) atoms. The molecule has 1 heterocycles. The lowest BCUT2D eigenvalue weighted by Crippen LogP contribution is -2.10. The molecule has 0 atom stereocenters. The molecule has 6 heteroatoms. The van der Waals surface area contributed by atoms with Gasteiger partial charge in [0.05, 0.1) is 22.0 Å². The van der Waals surface area contributed by atoms with Gasteiger partial charge in [0.15, 0.2) is 9.84 Å². The normalized spacial score (nSPS) is 11.5. The fraction of sp³-hybridized carbons (Fsp3) is 0.154. The number of hydrogen-bond donors (Lipinski definition) is 1. The van der Waals surface area contributed by atoms with E-state index in [1.54, 1.807) is 12.3 Å². The Morgan fingerprint density at radius 3 is 2.68 bits per heavy atom. The Morgan fingerprint density at radius 1 is 1.32 bits per heavy atom. The number of nitrogens with two attached hydrogens (primary N) is 1. The average Bonchev–Trinajstić information content (AvgIpc) is 2.31. The number of pyridine rings is 1. The zero-order chi connectivity index (χ0) is 14.0. The highest BCUT2D eigenvalue weighted by molar-refractivity contribution is 7.90. The summed E-state index contributed by atoms with van der Waals surface area (Å²) in [4.78, 5) is 4.18. The molecular formula is C13H13ClN2O2S. The molecule has 2 aromatic rings. The summed E-state index contributed by atoms with van der Waals surface area (Å²) < 4.78 is 24.6. The standard InChI is InChI=1S/C13H13ClN2O2S/c1-9-3-2-6-16-12(9)8-19(17,18)13-5-4-10(14)7-11(13)15/h2-7H,8,15H2,1H3. The number of halogens is 1. The van der Waals surface area contributed by atoms with E-state index in [1.165, 1.54) is 18.2 Å². The van der Waals surface area contributed by atoms with Crippen LogP contribution >= 0.6 is 11.6 Å². The second-order valence-corrected chi connectivity index (χ2v) is 6.60. The van der Waals surface area contributed by atoms with Crippen molar-refractivity contribution in [3.8, 4) is 0 Å². The van der Waals surface area contributed by atoms with Crippen LogP contribution in [-0.4, -0.2) is 13.4 Å². The van der Waals surface area contributed by atoms with Gasteiger partial charge in [0.25, 0.3) is 0 Å². The number of aryl methyl sites for hydroxylation is 1. The molecule has 0 aliphatic heterocycles. The minimum absolute atomic E-state index is 0.0851. The Bertz CT molecular complexity index is 714. The Hall–Kier alpha value is -1.59. The van der Waals surface area contributed by atoms with Crippen molar-refractivity contribution in [2.75, 3.05) is 5.73 Å². The third-order valence-corrected chi connectivity index (χ3v) is 4.68. The van der Waals surface area contributed by atoms with E-state index >= 15 is 0 Å². The minimum atomic E-state index is -3.53. The number of aromatic nitrogens is 1. The van der Waals surface area contributed by atoms with Gasteiger partial charge in [-0.25, -0.2) is 8.42 Å². The molecule has 0 saturated heterocycles. The van der Waals surface area contributed by atoms with Gasteiger partial charge in [-0.3, -0.25) is 4.98 Å². The Labute approximate surface area is 117 Å². The van der Waals surface area contributed by atoms with E-state index < -0.39 is 9.84 Å². The molecule has 0 unspecified atom stereocenters. The van der Waals surface area contributed by atoms with Crippen molar-refractivity contribution in [2.24, 2.45) is 0 Å². The van der Waals surface area contributed by atoms with Gasteiger partial charge in [-0.05, 0) is 36.8 Å². The van der Waals surface area contributed by atoms with E-state index in [-0.39, 0.29) is 16.3 Å². The molecule has 0 saturated carbocycles. The number of benzene rings is 1. The maximum Gasteiger partial charge on any atom is 0.186 e. The van der Waals surface area contributed by atoms with Crippen molar-refractivity contribution < 1.29 is 8.42 Å². The maximum absolute atomic E-state index is 12.3. The number of sulfone groups is 1. The molecule has 0 spiro atoms. The number of anilines is 1. The molecule has 0 bridgehead atoms. The SMILES string of the molecule is Cc1cccnc1CS(=O)(=O)c1ccc(Cl)cc1N. The van der Waals surface area contributed by atoms with Gasteiger partial charge in [-0.2, -0.15) is 0 Å². The summed E-state index contributed by atoms with van der Waals surface area (Å²) in [5, 5.41) is 0.408. The lowest BCUT2D eigenvalue weighted by atomic mass is 10.2. The first-order valence-corrected chi connectivity index (χ1v) is 7.61. The van der Waals surface area contributed by atoms with Crippen LogP contribution < -0.4 is 5.73 Å². The van der Waals surface area contributed by atoms with Crippen molar-refractivity contribution in [2.45, 2.75) is 17.6 Å². The first-order valence-electron chi connectivity index (χ1n) is 5.58. The molecule has 1 aromatic carbocycles. The minimum Gasteiger partial charge on any atom is -0.398 e. The molecule has 2 N–H and O–H groups in total. The smallest absolute Gasteiger partial charge is 0.186 e. The predicted molar refractivity (Wildman–Crippen MR) is 75.7 cm³/mol. The summed E-state index contributed by atoms with van der Waals surface area (Å²) in [5.74, 6) is -0.175. The second-order valence-electron chi connectivity index (χ2n) is 4.21. The zero-order valence-corrected chi connectivity index (χ0v) is 11.9. The highest BCUT2D eigenvalue weighted by Crippen LogP contribution is 2.25. The highest BCUT2D eigenvalue weighted by Gasteiger charge is 2.20. The van der Waals surface area contributed by atoms with Crippen molar-refractivity contribution >= 4 is 27.1 Å². The lowest BCUT2D eigenvalue weighted by Gasteiger charge is -2.09. The van der Waals surface area contributed by atoms with Crippen molar-refractivity contribution in [1.82, 2.24) is 4.98 Å². The second kappa shape index (κ2) is 5.19. The van der Waals surface area contributed by atoms with Crippen molar-refractivity contribution in [3.05, 3.63) is 52.8 Å². The molecule has 0 aliphatic carbocycles. The van der Waals surface area contributed by atoms with Gasteiger partial charge in [-0.15, -0.1) is 0 Å². The summed E-state index contributed by atoms with van der Waals surface area (Å²) in [6, 6.07) is 7.95. The molecule has 4 nitrogen and oxygen atoms in total. The van der Waals surface area contributed by atoms with Crippen LogP contribution in [0.2, 0.25) is 5.02 Å². The maximum atomic E-state index is 12.3. The van der Waals surface area contributed by atoms with E-state index in [0.29, 0.717) is 10.7 Å². The average molecular weight is 297 g/mol. The summed E-state index contributed by atoms with van der Waals surface area (Å²) in [5.41, 5.74) is 7.23. The number of rotatable bonds is 3. The molecule has 2 rings (SSSR count). The lowest BCUT2D eigenvalue weighted by molar-refractivity contribution is 0.595. The predicted octanol–water partition coefficient (Wildman–Crippen LogP) is 2.60. The third kappa shape index (κ3) is 3.05. The highest BCUT2D eigenvalue weighted by atomic mass is 35.5. The van der Waals surface area contributed by atoms with Crippen LogP contribution in [0.1, 0.15) is 11.3 Å². The zero-order valence-electron chi connectivity index (χ0n) is 10.3. The van der Waals surface area contributed by atoms with Gasteiger partial charge < -0.3 is 5.73 Å². The van der Waals surface area contributed by atoms with E-state index in [9.17, 15) is 8.42 Å². The molecule has 1 aromatic heterocycles. The Morgan fingerprint density at radius 2 is 2.05 bits per heavy atom. The summed E-state index contributed by atoms with van der Waals surface area (Å²) in [6.45, 7) is 1.82. The van der Waals surface area contributed by atoms with Gasteiger partial charge >= 0.3 is 0 Å². The van der Waals surface area contributed by atoms with Gasteiger partial charge in [0.1, 0.15) is 0 Å². The first-order chi connectivity index (χ1) is 8.90. The monoisotopic (exact) mass is 296 g/mol. The molecule has 100 valence electrons. The van der Waals surface area contributed by atoms with E-state index in [1.807, 2.05) is 13.0 Å². The van der Waals surface area contributed by atoms with Gasteiger partial charge in [-0.1, -0.05) is 17.7 Å². The Balaban J connectivity index is 2.41. The van der Waals surface area contributed by atoms with Crippen LogP contribution in [0, 0.1) is 6.92 Å². The summed E-state index contributed by atoms with van der Waals surface area (Å²) in [7, 11) is -3.53. The molecule has 0 aliphatic rings. The summed E-state index contributed by atoms with van der Waals surface area (Å²) in [6.07, 6.45) is 1.57. The fourth-order valence-corrected chi connectivity index (χ4v) is 3.42. The quantitative estimate of drug-likeness (QED) is 0.884. The number of nitrogens with zero attached hydrogens (tertiary/aromatic N) is 1. The van der Waals surface area contributed by atoms with Crippen LogP contribution in [0.3, 0.4) is 0 Å². The van der Waals surface area contributed by atoms with Gasteiger partial charge in [0, 0.05) is 11.2 Å².